The standard InChI is InChI=1S/C24H20ClN3O6/c25-16-9-5-14(6-10-16)21(30)27-26-20(29)13-34-24(33)15-7-11-17(12-8-15)28-22(31)18-3-1-2-4-19(18)23(28)32/h1-2,5-12,18-19H,3-4,13H2,(H,26,29)(H,27,30)/t18-,19+. The SMILES string of the molecule is O=C(COC(=O)c1ccc(N2C(=O)[C@H]3CC=CC[C@H]3C2=O)cc1)NNC(=O)c1ccc(Cl)cc1. The monoisotopic (exact) mass is 481 g/mol. The van der Waals surface area contributed by atoms with Crippen LogP contribution in [0.5, 0.6) is 0 Å². The van der Waals surface area contributed by atoms with Crippen molar-refractivity contribution in [3.63, 3.8) is 0 Å². The molecular weight excluding hydrogens is 462 g/mol. The van der Waals surface area contributed by atoms with Crippen LogP contribution in [0.1, 0.15) is 33.6 Å². The highest BCUT2D eigenvalue weighted by molar-refractivity contribution is 6.30. The van der Waals surface area contributed by atoms with E-state index in [9.17, 15) is 24.0 Å². The number of fused-ring (bicyclic) bond motifs is 1. The van der Waals surface area contributed by atoms with Gasteiger partial charge in [0.05, 0.1) is 23.1 Å². The molecule has 1 fully saturated rings. The third kappa shape index (κ3) is 4.84. The van der Waals surface area contributed by atoms with Crippen LogP contribution >= 0.6 is 11.6 Å². The normalized spacial score (nSPS) is 18.9. The molecule has 2 aromatic carbocycles. The molecule has 1 heterocycles. The molecule has 0 aromatic heterocycles. The van der Waals surface area contributed by atoms with Crippen LogP contribution in [0.25, 0.3) is 0 Å². The van der Waals surface area contributed by atoms with Crippen LogP contribution in [-0.2, 0) is 19.1 Å². The van der Waals surface area contributed by atoms with Gasteiger partial charge >= 0.3 is 5.97 Å². The molecule has 0 saturated carbocycles. The summed E-state index contributed by atoms with van der Waals surface area (Å²) in [4.78, 5) is 62.6. The molecule has 2 aliphatic rings. The minimum Gasteiger partial charge on any atom is -0.452 e. The maximum Gasteiger partial charge on any atom is 0.338 e. The average molecular weight is 482 g/mol. The zero-order valence-corrected chi connectivity index (χ0v) is 18.6. The Balaban J connectivity index is 1.28. The van der Waals surface area contributed by atoms with Crippen molar-refractivity contribution in [2.75, 3.05) is 11.5 Å². The van der Waals surface area contributed by atoms with E-state index in [1.807, 2.05) is 12.2 Å². The Morgan fingerprint density at radius 1 is 0.853 bits per heavy atom. The Bertz CT molecular complexity index is 1150. The number of hydrogen-bond donors (Lipinski definition) is 2. The maximum atomic E-state index is 12.7. The molecule has 10 heteroatoms. The second-order valence-corrected chi connectivity index (χ2v) is 8.24. The third-order valence-corrected chi connectivity index (χ3v) is 5.88. The van der Waals surface area contributed by atoms with E-state index in [1.165, 1.54) is 48.5 Å². The van der Waals surface area contributed by atoms with Crippen LogP contribution in [0.3, 0.4) is 0 Å². The molecule has 1 aliphatic heterocycles. The van der Waals surface area contributed by atoms with E-state index >= 15 is 0 Å². The van der Waals surface area contributed by atoms with Crippen LogP contribution in [0.15, 0.2) is 60.7 Å². The van der Waals surface area contributed by atoms with Gasteiger partial charge in [0.1, 0.15) is 0 Å². The summed E-state index contributed by atoms with van der Waals surface area (Å²) < 4.78 is 4.95. The van der Waals surface area contributed by atoms with Crippen molar-refractivity contribution < 1.29 is 28.7 Å². The first kappa shape index (κ1) is 23.2. The Hall–Kier alpha value is -3.98. The van der Waals surface area contributed by atoms with E-state index < -0.39 is 24.4 Å². The van der Waals surface area contributed by atoms with E-state index in [2.05, 4.69) is 10.9 Å². The van der Waals surface area contributed by atoms with Gasteiger partial charge in [0, 0.05) is 10.6 Å². The molecule has 2 aromatic rings. The summed E-state index contributed by atoms with van der Waals surface area (Å²) in [5, 5.41) is 0.467. The van der Waals surface area contributed by atoms with E-state index in [1.54, 1.807) is 0 Å². The zero-order chi connectivity index (χ0) is 24.2. The van der Waals surface area contributed by atoms with Crippen molar-refractivity contribution in [2.24, 2.45) is 11.8 Å². The fraction of sp³-hybridized carbons (Fsp3) is 0.208. The minimum absolute atomic E-state index is 0.139. The van der Waals surface area contributed by atoms with Crippen LogP contribution in [0, 0.1) is 11.8 Å². The highest BCUT2D eigenvalue weighted by Gasteiger charge is 2.47. The molecule has 0 spiro atoms. The van der Waals surface area contributed by atoms with Crippen molar-refractivity contribution in [3.8, 4) is 0 Å². The molecule has 174 valence electrons. The predicted octanol–water partition coefficient (Wildman–Crippen LogP) is 2.41. The van der Waals surface area contributed by atoms with Gasteiger partial charge in [-0.25, -0.2) is 4.79 Å². The highest BCUT2D eigenvalue weighted by atomic mass is 35.5. The van der Waals surface area contributed by atoms with Gasteiger partial charge in [-0.15, -0.1) is 0 Å². The summed E-state index contributed by atoms with van der Waals surface area (Å²) in [7, 11) is 0. The summed E-state index contributed by atoms with van der Waals surface area (Å²) in [5.74, 6) is -3.26. The maximum absolute atomic E-state index is 12.7. The molecule has 4 amide bonds. The number of amides is 4. The predicted molar refractivity (Wildman–Crippen MR) is 122 cm³/mol. The topological polar surface area (TPSA) is 122 Å². The number of ether oxygens (including phenoxy) is 1. The van der Waals surface area contributed by atoms with Gasteiger partial charge < -0.3 is 4.74 Å². The Kier molecular flexibility index (Phi) is 6.74. The number of rotatable bonds is 5. The number of imide groups is 1. The second kappa shape index (κ2) is 9.88. The Labute approximate surface area is 199 Å². The van der Waals surface area contributed by atoms with Crippen molar-refractivity contribution in [2.45, 2.75) is 12.8 Å². The minimum atomic E-state index is -0.775. The molecule has 4 rings (SSSR count). The molecule has 1 saturated heterocycles. The van der Waals surface area contributed by atoms with Gasteiger partial charge in [-0.3, -0.25) is 34.9 Å². The second-order valence-electron chi connectivity index (χ2n) is 7.80. The fourth-order valence-electron chi connectivity index (χ4n) is 3.85. The molecule has 2 atom stereocenters. The summed E-state index contributed by atoms with van der Waals surface area (Å²) >= 11 is 5.76. The number of hydrazine groups is 1. The van der Waals surface area contributed by atoms with Gasteiger partial charge in [0.2, 0.25) is 11.8 Å². The third-order valence-electron chi connectivity index (χ3n) is 5.62. The lowest BCUT2D eigenvalue weighted by Gasteiger charge is -2.15. The number of hydrogen-bond acceptors (Lipinski definition) is 6. The van der Waals surface area contributed by atoms with Crippen molar-refractivity contribution in [1.82, 2.24) is 10.9 Å². The fourth-order valence-corrected chi connectivity index (χ4v) is 3.98. The summed E-state index contributed by atoms with van der Waals surface area (Å²) in [5.41, 5.74) is 5.15. The number of carbonyl (C=O) groups is 5. The highest BCUT2D eigenvalue weighted by Crippen LogP contribution is 2.37. The molecule has 2 N–H and O–H groups in total. The number of nitrogens with zero attached hydrogens (tertiary/aromatic N) is 1. The number of anilines is 1. The molecule has 34 heavy (non-hydrogen) atoms. The molecule has 1 aliphatic carbocycles. The van der Waals surface area contributed by atoms with E-state index in [0.717, 1.165) is 4.90 Å². The van der Waals surface area contributed by atoms with Crippen LogP contribution in [0.2, 0.25) is 5.02 Å². The van der Waals surface area contributed by atoms with Crippen LogP contribution in [-0.4, -0.2) is 36.2 Å². The van der Waals surface area contributed by atoms with Crippen LogP contribution < -0.4 is 15.8 Å². The number of esters is 1. The Morgan fingerprint density at radius 3 is 2.00 bits per heavy atom. The Morgan fingerprint density at radius 2 is 1.41 bits per heavy atom. The van der Waals surface area contributed by atoms with Crippen molar-refractivity contribution in [3.05, 3.63) is 76.8 Å². The van der Waals surface area contributed by atoms with Gasteiger partial charge in [-0.05, 0) is 61.4 Å². The lowest BCUT2D eigenvalue weighted by Crippen LogP contribution is -2.43. The summed E-state index contributed by atoms with van der Waals surface area (Å²) in [6.45, 7) is -0.624. The van der Waals surface area contributed by atoms with Crippen LogP contribution in [0.4, 0.5) is 5.69 Å². The quantitative estimate of drug-likeness (QED) is 0.293. The first-order chi connectivity index (χ1) is 16.3. The zero-order valence-electron chi connectivity index (χ0n) is 17.8. The molecule has 9 nitrogen and oxygen atoms in total. The first-order valence-corrected chi connectivity index (χ1v) is 10.9. The lowest BCUT2D eigenvalue weighted by atomic mass is 9.85. The number of nitrogens with one attached hydrogen (secondary N) is 2. The van der Waals surface area contributed by atoms with Gasteiger partial charge in [-0.1, -0.05) is 23.8 Å². The smallest absolute Gasteiger partial charge is 0.338 e. The number of benzene rings is 2. The van der Waals surface area contributed by atoms with Crippen molar-refractivity contribution >= 4 is 46.9 Å². The van der Waals surface area contributed by atoms with Gasteiger partial charge in [-0.2, -0.15) is 0 Å². The van der Waals surface area contributed by atoms with Gasteiger partial charge in [0.25, 0.3) is 11.8 Å². The summed E-state index contributed by atoms with van der Waals surface area (Å²) in [6.07, 6.45) is 4.90. The molecule has 0 unspecified atom stereocenters. The number of halogens is 1. The average Bonchev–Trinajstić information content (AvgIpc) is 3.11. The molecule has 0 radical (unpaired) electrons. The van der Waals surface area contributed by atoms with E-state index in [4.69, 9.17) is 16.3 Å². The molecule has 0 bridgehead atoms. The number of allylic oxidation sites excluding steroid dienone is 2. The van der Waals surface area contributed by atoms with E-state index in [0.29, 0.717) is 23.6 Å². The van der Waals surface area contributed by atoms with E-state index in [-0.39, 0.29) is 34.8 Å². The molecular formula is C24H20ClN3O6. The number of carbonyl (C=O) groups excluding carboxylic acids is 5. The van der Waals surface area contributed by atoms with Crippen molar-refractivity contribution in [1.29, 1.82) is 0 Å². The largest absolute Gasteiger partial charge is 0.452 e. The summed E-state index contributed by atoms with van der Waals surface area (Å²) in [6, 6.07) is 11.9. The lowest BCUT2D eigenvalue weighted by molar-refractivity contribution is -0.125. The van der Waals surface area contributed by atoms with Gasteiger partial charge in [0.15, 0.2) is 6.61 Å². The first-order valence-electron chi connectivity index (χ1n) is 10.5.